The molecule has 0 saturated heterocycles. The summed E-state index contributed by atoms with van der Waals surface area (Å²) in [6, 6.07) is 21.3. The van der Waals surface area contributed by atoms with Gasteiger partial charge >= 0.3 is 0 Å². The van der Waals surface area contributed by atoms with Gasteiger partial charge in [0.25, 0.3) is 5.91 Å². The second-order valence-corrected chi connectivity index (χ2v) is 8.48. The lowest BCUT2D eigenvalue weighted by atomic mass is 10.1. The molecule has 4 rings (SSSR count). The lowest BCUT2D eigenvalue weighted by Gasteiger charge is -2.29. The van der Waals surface area contributed by atoms with Crippen molar-refractivity contribution in [3.05, 3.63) is 89.0 Å². The van der Waals surface area contributed by atoms with Crippen LogP contribution in [-0.2, 0) is 17.9 Å². The van der Waals surface area contributed by atoms with Gasteiger partial charge in [-0.05, 0) is 48.4 Å². The smallest absolute Gasteiger partial charge is 0.251 e. The Bertz CT molecular complexity index is 1090. The van der Waals surface area contributed by atoms with Gasteiger partial charge < -0.3 is 15.0 Å². The molecule has 0 saturated carbocycles. The molecule has 3 aromatic rings. The van der Waals surface area contributed by atoms with Gasteiger partial charge in [0, 0.05) is 17.0 Å². The number of aryl methyl sites for hydroxylation is 1. The first-order valence-corrected chi connectivity index (χ1v) is 11.1. The molecule has 1 aliphatic heterocycles. The van der Waals surface area contributed by atoms with Crippen LogP contribution in [0.15, 0.2) is 71.6 Å². The van der Waals surface area contributed by atoms with Gasteiger partial charge in [0.2, 0.25) is 5.91 Å². The van der Waals surface area contributed by atoms with E-state index >= 15 is 0 Å². The third kappa shape index (κ3) is 4.91. The van der Waals surface area contributed by atoms with Crippen molar-refractivity contribution < 1.29 is 14.3 Å². The van der Waals surface area contributed by atoms with Gasteiger partial charge in [-0.2, -0.15) is 0 Å². The van der Waals surface area contributed by atoms with E-state index in [9.17, 15) is 9.59 Å². The number of rotatable bonds is 6. The SMILES string of the molecule is COc1ccc(CNC(=O)c2ccc3c(c2)N(Cc2ccc(C)cc2)C(=O)CS3)cc1. The standard InChI is InChI=1S/C25H24N2O3S/c1-17-3-5-19(6-4-17)15-27-22-13-20(9-12-23(22)31-16-24(27)28)25(29)26-14-18-7-10-21(30-2)11-8-18/h3-13H,14-16H2,1-2H3,(H,26,29). The van der Waals surface area contributed by atoms with Crippen molar-refractivity contribution in [1.29, 1.82) is 0 Å². The molecular weight excluding hydrogens is 408 g/mol. The Labute approximate surface area is 186 Å². The van der Waals surface area contributed by atoms with Crippen LogP contribution in [0.4, 0.5) is 5.69 Å². The molecule has 2 amide bonds. The molecule has 0 aromatic heterocycles. The lowest BCUT2D eigenvalue weighted by Crippen LogP contribution is -2.35. The summed E-state index contributed by atoms with van der Waals surface area (Å²) in [4.78, 5) is 28.2. The summed E-state index contributed by atoms with van der Waals surface area (Å²) in [7, 11) is 1.62. The number of benzene rings is 3. The zero-order chi connectivity index (χ0) is 21.8. The van der Waals surface area contributed by atoms with Gasteiger partial charge in [-0.1, -0.05) is 42.0 Å². The van der Waals surface area contributed by atoms with Crippen LogP contribution < -0.4 is 15.0 Å². The molecule has 0 fully saturated rings. The number of hydrogen-bond acceptors (Lipinski definition) is 4. The average Bonchev–Trinajstić information content (AvgIpc) is 2.80. The summed E-state index contributed by atoms with van der Waals surface area (Å²) in [5, 5.41) is 2.95. The van der Waals surface area contributed by atoms with Crippen LogP contribution in [-0.4, -0.2) is 24.7 Å². The third-order valence-corrected chi connectivity index (χ3v) is 6.29. The first-order chi connectivity index (χ1) is 15.0. The maximum Gasteiger partial charge on any atom is 0.251 e. The number of fused-ring (bicyclic) bond motifs is 1. The van der Waals surface area contributed by atoms with Gasteiger partial charge in [-0.3, -0.25) is 9.59 Å². The van der Waals surface area contributed by atoms with E-state index in [1.807, 2.05) is 73.7 Å². The molecule has 0 radical (unpaired) electrons. The highest BCUT2D eigenvalue weighted by Gasteiger charge is 2.26. The van der Waals surface area contributed by atoms with Crippen molar-refractivity contribution >= 4 is 29.3 Å². The average molecular weight is 433 g/mol. The second-order valence-electron chi connectivity index (χ2n) is 7.47. The quantitative estimate of drug-likeness (QED) is 0.620. The fourth-order valence-electron chi connectivity index (χ4n) is 3.42. The Morgan fingerprint density at radius 1 is 1.03 bits per heavy atom. The van der Waals surface area contributed by atoms with Crippen LogP contribution in [0.3, 0.4) is 0 Å². The van der Waals surface area contributed by atoms with Crippen LogP contribution in [0.25, 0.3) is 0 Å². The van der Waals surface area contributed by atoms with E-state index in [1.165, 1.54) is 17.3 Å². The van der Waals surface area contributed by atoms with Gasteiger partial charge in [0.15, 0.2) is 0 Å². The van der Waals surface area contributed by atoms with E-state index in [2.05, 4.69) is 5.32 Å². The summed E-state index contributed by atoms with van der Waals surface area (Å²) in [6.45, 7) is 2.95. The van der Waals surface area contributed by atoms with Crippen LogP contribution >= 0.6 is 11.8 Å². The van der Waals surface area contributed by atoms with Crippen LogP contribution in [0, 0.1) is 6.92 Å². The van der Waals surface area contributed by atoms with Crippen LogP contribution in [0.1, 0.15) is 27.0 Å². The molecular formula is C25H24N2O3S. The fraction of sp³-hybridized carbons (Fsp3) is 0.200. The number of carbonyl (C=O) groups is 2. The van der Waals surface area contributed by atoms with Crippen molar-refractivity contribution in [3.63, 3.8) is 0 Å². The summed E-state index contributed by atoms with van der Waals surface area (Å²) < 4.78 is 5.16. The Balaban J connectivity index is 1.51. The van der Waals surface area contributed by atoms with Gasteiger partial charge in [-0.15, -0.1) is 11.8 Å². The van der Waals surface area contributed by atoms with E-state index in [1.54, 1.807) is 12.0 Å². The van der Waals surface area contributed by atoms with Crippen LogP contribution in [0.2, 0.25) is 0 Å². The summed E-state index contributed by atoms with van der Waals surface area (Å²) in [6.07, 6.45) is 0. The van der Waals surface area contributed by atoms with E-state index < -0.39 is 0 Å². The Morgan fingerprint density at radius 2 is 1.74 bits per heavy atom. The topological polar surface area (TPSA) is 58.6 Å². The molecule has 0 unspecified atom stereocenters. The lowest BCUT2D eigenvalue weighted by molar-refractivity contribution is -0.116. The molecule has 5 nitrogen and oxygen atoms in total. The predicted molar refractivity (Wildman–Crippen MR) is 124 cm³/mol. The molecule has 1 N–H and O–H groups in total. The minimum absolute atomic E-state index is 0.0499. The second kappa shape index (κ2) is 9.27. The highest BCUT2D eigenvalue weighted by atomic mass is 32.2. The molecule has 0 spiro atoms. The maximum atomic E-state index is 12.8. The zero-order valence-electron chi connectivity index (χ0n) is 17.6. The number of anilines is 1. The van der Waals surface area contributed by atoms with Crippen molar-refractivity contribution in [2.24, 2.45) is 0 Å². The minimum atomic E-state index is -0.170. The first kappa shape index (κ1) is 21.0. The zero-order valence-corrected chi connectivity index (χ0v) is 18.4. The summed E-state index contributed by atoms with van der Waals surface area (Å²) in [5.74, 6) is 1.06. The van der Waals surface area contributed by atoms with Crippen molar-refractivity contribution in [2.75, 3.05) is 17.8 Å². The number of nitrogens with zero attached hydrogens (tertiary/aromatic N) is 1. The van der Waals surface area contributed by atoms with Crippen molar-refractivity contribution in [2.45, 2.75) is 24.9 Å². The molecule has 6 heteroatoms. The number of carbonyl (C=O) groups excluding carboxylic acids is 2. The van der Waals surface area contributed by atoms with E-state index in [0.29, 0.717) is 24.4 Å². The monoisotopic (exact) mass is 432 g/mol. The van der Waals surface area contributed by atoms with Crippen LogP contribution in [0.5, 0.6) is 5.75 Å². The minimum Gasteiger partial charge on any atom is -0.497 e. The largest absolute Gasteiger partial charge is 0.497 e. The molecule has 0 bridgehead atoms. The fourth-order valence-corrected chi connectivity index (χ4v) is 4.34. The first-order valence-electron chi connectivity index (χ1n) is 10.1. The highest BCUT2D eigenvalue weighted by molar-refractivity contribution is 8.00. The highest BCUT2D eigenvalue weighted by Crippen LogP contribution is 2.37. The molecule has 31 heavy (non-hydrogen) atoms. The van der Waals surface area contributed by atoms with E-state index in [4.69, 9.17) is 4.74 Å². The molecule has 1 heterocycles. The van der Waals surface area contributed by atoms with Crippen molar-refractivity contribution in [3.8, 4) is 5.75 Å². The molecule has 0 atom stereocenters. The Morgan fingerprint density at radius 3 is 2.45 bits per heavy atom. The van der Waals surface area contributed by atoms with E-state index in [-0.39, 0.29) is 11.8 Å². The Hall–Kier alpha value is -3.25. The number of amides is 2. The third-order valence-electron chi connectivity index (χ3n) is 5.24. The normalized spacial score (nSPS) is 13.0. The molecule has 1 aliphatic rings. The van der Waals surface area contributed by atoms with Crippen molar-refractivity contribution in [1.82, 2.24) is 5.32 Å². The Kier molecular flexibility index (Phi) is 6.28. The van der Waals surface area contributed by atoms with E-state index in [0.717, 1.165) is 27.5 Å². The van der Waals surface area contributed by atoms with Gasteiger partial charge in [-0.25, -0.2) is 0 Å². The molecule has 3 aromatic carbocycles. The number of hydrogen-bond donors (Lipinski definition) is 1. The number of methoxy groups -OCH3 is 1. The molecule has 0 aliphatic carbocycles. The van der Waals surface area contributed by atoms with Gasteiger partial charge in [0.1, 0.15) is 5.75 Å². The maximum absolute atomic E-state index is 12.8. The number of nitrogens with one attached hydrogen (secondary N) is 1. The van der Waals surface area contributed by atoms with Gasteiger partial charge in [0.05, 0.1) is 25.1 Å². The summed E-state index contributed by atoms with van der Waals surface area (Å²) >= 11 is 1.51. The summed E-state index contributed by atoms with van der Waals surface area (Å²) in [5.41, 5.74) is 4.56. The number of thioether (sulfide) groups is 1. The number of ether oxygens (including phenoxy) is 1. The predicted octanol–water partition coefficient (Wildman–Crippen LogP) is 4.57. The molecule has 158 valence electrons.